The summed E-state index contributed by atoms with van der Waals surface area (Å²) in [7, 11) is 0. The minimum absolute atomic E-state index is 0.0254. The van der Waals surface area contributed by atoms with Crippen LogP contribution in [0.2, 0.25) is 5.02 Å². The van der Waals surface area contributed by atoms with E-state index in [4.69, 9.17) is 21.4 Å². The van der Waals surface area contributed by atoms with Crippen LogP contribution in [-0.2, 0) is 4.74 Å². The maximum atomic E-state index is 11.1. The van der Waals surface area contributed by atoms with E-state index < -0.39 is 10.9 Å². The predicted molar refractivity (Wildman–Crippen MR) is 77.1 cm³/mol. The second-order valence-electron chi connectivity index (χ2n) is 4.85. The number of benzene rings is 1. The van der Waals surface area contributed by atoms with Crippen LogP contribution >= 0.6 is 11.6 Å². The Morgan fingerprint density at radius 1 is 1.48 bits per heavy atom. The van der Waals surface area contributed by atoms with E-state index in [1.165, 1.54) is 6.07 Å². The molecule has 1 fully saturated rings. The van der Waals surface area contributed by atoms with Crippen LogP contribution in [0.1, 0.15) is 23.2 Å². The molecule has 1 saturated heterocycles. The summed E-state index contributed by atoms with van der Waals surface area (Å²) in [5.41, 5.74) is -0.328. The summed E-state index contributed by atoms with van der Waals surface area (Å²) in [6.45, 7) is 1.94. The van der Waals surface area contributed by atoms with E-state index in [9.17, 15) is 14.9 Å². The lowest BCUT2D eigenvalue weighted by Crippen LogP contribution is -2.23. The Kier molecular flexibility index (Phi) is 4.98. The monoisotopic (exact) mass is 314 g/mol. The van der Waals surface area contributed by atoms with Crippen molar-refractivity contribution in [3.05, 3.63) is 32.8 Å². The summed E-state index contributed by atoms with van der Waals surface area (Å²) in [6.07, 6.45) is 1.78. The number of anilines is 1. The molecule has 7 nitrogen and oxygen atoms in total. The first-order valence-electron chi connectivity index (χ1n) is 6.52. The predicted octanol–water partition coefficient (Wildman–Crippen LogP) is 2.78. The highest BCUT2D eigenvalue weighted by Crippen LogP contribution is 2.31. The van der Waals surface area contributed by atoms with Crippen LogP contribution in [0.5, 0.6) is 0 Å². The molecular weight excluding hydrogens is 300 g/mol. The Morgan fingerprint density at radius 2 is 2.14 bits per heavy atom. The molecule has 0 unspecified atom stereocenters. The average Bonchev–Trinajstić information content (AvgIpc) is 2.45. The summed E-state index contributed by atoms with van der Waals surface area (Å²) < 4.78 is 5.25. The number of nitrogens with zero attached hydrogens (tertiary/aromatic N) is 1. The molecule has 21 heavy (non-hydrogen) atoms. The van der Waals surface area contributed by atoms with Crippen molar-refractivity contribution in [2.24, 2.45) is 5.92 Å². The molecule has 114 valence electrons. The lowest BCUT2D eigenvalue weighted by molar-refractivity contribution is -0.384. The second-order valence-corrected chi connectivity index (χ2v) is 5.26. The normalized spacial score (nSPS) is 15.7. The molecule has 0 atom stereocenters. The molecule has 0 aliphatic carbocycles. The first kappa shape index (κ1) is 15.5. The topological polar surface area (TPSA) is 102 Å². The van der Waals surface area contributed by atoms with Crippen LogP contribution in [0.4, 0.5) is 11.4 Å². The van der Waals surface area contributed by atoms with Crippen LogP contribution in [0, 0.1) is 16.0 Å². The molecule has 1 heterocycles. The van der Waals surface area contributed by atoms with Crippen molar-refractivity contribution < 1.29 is 19.6 Å². The molecule has 0 aromatic heterocycles. The Labute approximate surface area is 126 Å². The van der Waals surface area contributed by atoms with Gasteiger partial charge in [0.25, 0.3) is 5.69 Å². The standard InChI is InChI=1S/C13H15ClN2O5/c14-10-6-11(15-7-8-1-3-21-4-2-8)12(16(19)20)5-9(10)13(17)18/h5-6,8,15H,1-4,7H2,(H,17,18). The highest BCUT2D eigenvalue weighted by Gasteiger charge is 2.22. The number of hydrogen-bond acceptors (Lipinski definition) is 5. The quantitative estimate of drug-likeness (QED) is 0.640. The number of nitro benzene ring substituents is 1. The van der Waals surface area contributed by atoms with E-state index in [-0.39, 0.29) is 22.0 Å². The summed E-state index contributed by atoms with van der Waals surface area (Å²) in [6, 6.07) is 2.28. The van der Waals surface area contributed by atoms with Gasteiger partial charge in [-0.15, -0.1) is 0 Å². The SMILES string of the molecule is O=C(O)c1cc([N+](=O)[O-])c(NCC2CCOCC2)cc1Cl. The van der Waals surface area contributed by atoms with E-state index in [0.29, 0.717) is 25.7 Å². The zero-order valence-corrected chi connectivity index (χ0v) is 11.9. The number of nitro groups is 1. The van der Waals surface area contributed by atoms with Crippen LogP contribution in [-0.4, -0.2) is 35.8 Å². The Balaban J connectivity index is 2.19. The van der Waals surface area contributed by atoms with Gasteiger partial charge in [-0.05, 0) is 24.8 Å². The van der Waals surface area contributed by atoms with Crippen molar-refractivity contribution in [3.8, 4) is 0 Å². The number of carboxylic acid groups (broad SMARTS) is 1. The third kappa shape index (κ3) is 3.83. The van der Waals surface area contributed by atoms with E-state index in [0.717, 1.165) is 18.9 Å². The van der Waals surface area contributed by atoms with Crippen molar-refractivity contribution in [3.63, 3.8) is 0 Å². The van der Waals surface area contributed by atoms with Gasteiger partial charge in [0, 0.05) is 25.8 Å². The minimum atomic E-state index is -1.29. The van der Waals surface area contributed by atoms with Crippen molar-refractivity contribution in [1.82, 2.24) is 0 Å². The second kappa shape index (κ2) is 6.73. The van der Waals surface area contributed by atoms with Gasteiger partial charge in [-0.1, -0.05) is 11.6 Å². The molecule has 2 rings (SSSR count). The summed E-state index contributed by atoms with van der Waals surface area (Å²) in [5, 5.41) is 23.0. The lowest BCUT2D eigenvalue weighted by atomic mass is 10.0. The van der Waals surface area contributed by atoms with Crippen LogP contribution in [0.15, 0.2) is 12.1 Å². The molecular formula is C13H15ClN2O5. The van der Waals surface area contributed by atoms with E-state index in [1.807, 2.05) is 0 Å². The fourth-order valence-corrected chi connectivity index (χ4v) is 2.47. The van der Waals surface area contributed by atoms with E-state index in [1.54, 1.807) is 0 Å². The van der Waals surface area contributed by atoms with Gasteiger partial charge in [0.15, 0.2) is 0 Å². The largest absolute Gasteiger partial charge is 0.478 e. The fraction of sp³-hybridized carbons (Fsp3) is 0.462. The number of ether oxygens (including phenoxy) is 1. The van der Waals surface area contributed by atoms with Gasteiger partial charge in [-0.25, -0.2) is 4.79 Å². The fourth-order valence-electron chi connectivity index (χ4n) is 2.22. The Bertz CT molecular complexity index is 558. The number of halogens is 1. The highest BCUT2D eigenvalue weighted by atomic mass is 35.5. The van der Waals surface area contributed by atoms with Crippen molar-refractivity contribution >= 4 is 28.9 Å². The first-order valence-corrected chi connectivity index (χ1v) is 6.89. The molecule has 1 aliphatic rings. The zero-order valence-electron chi connectivity index (χ0n) is 11.2. The Morgan fingerprint density at radius 3 is 2.71 bits per heavy atom. The van der Waals surface area contributed by atoms with Crippen molar-refractivity contribution in [2.75, 3.05) is 25.1 Å². The van der Waals surface area contributed by atoms with Gasteiger partial charge in [-0.2, -0.15) is 0 Å². The molecule has 0 amide bonds. The molecule has 0 saturated carbocycles. The molecule has 8 heteroatoms. The highest BCUT2D eigenvalue weighted by molar-refractivity contribution is 6.34. The number of nitrogens with one attached hydrogen (secondary N) is 1. The van der Waals surface area contributed by atoms with Gasteiger partial charge < -0.3 is 15.2 Å². The maximum Gasteiger partial charge on any atom is 0.337 e. The lowest BCUT2D eigenvalue weighted by Gasteiger charge is -2.22. The summed E-state index contributed by atoms with van der Waals surface area (Å²) in [4.78, 5) is 21.4. The summed E-state index contributed by atoms with van der Waals surface area (Å²) in [5.74, 6) is -0.921. The molecule has 1 aliphatic heterocycles. The number of carbonyl (C=O) groups is 1. The molecule has 0 spiro atoms. The van der Waals surface area contributed by atoms with Crippen LogP contribution in [0.3, 0.4) is 0 Å². The average molecular weight is 315 g/mol. The number of carboxylic acids is 1. The smallest absolute Gasteiger partial charge is 0.337 e. The zero-order chi connectivity index (χ0) is 15.4. The van der Waals surface area contributed by atoms with E-state index >= 15 is 0 Å². The van der Waals surface area contributed by atoms with Gasteiger partial charge in [0.2, 0.25) is 0 Å². The molecule has 1 aromatic carbocycles. The minimum Gasteiger partial charge on any atom is -0.478 e. The van der Waals surface area contributed by atoms with Crippen LogP contribution < -0.4 is 5.32 Å². The molecule has 0 radical (unpaired) electrons. The number of hydrogen-bond donors (Lipinski definition) is 2. The number of rotatable bonds is 5. The third-order valence-electron chi connectivity index (χ3n) is 3.43. The summed E-state index contributed by atoms with van der Waals surface area (Å²) >= 11 is 5.86. The molecule has 2 N–H and O–H groups in total. The van der Waals surface area contributed by atoms with Gasteiger partial charge in [-0.3, -0.25) is 10.1 Å². The van der Waals surface area contributed by atoms with E-state index in [2.05, 4.69) is 5.32 Å². The third-order valence-corrected chi connectivity index (χ3v) is 3.75. The first-order chi connectivity index (χ1) is 9.99. The molecule has 0 bridgehead atoms. The van der Waals surface area contributed by atoms with Gasteiger partial charge >= 0.3 is 5.97 Å². The van der Waals surface area contributed by atoms with Crippen molar-refractivity contribution in [2.45, 2.75) is 12.8 Å². The Hall–Kier alpha value is -1.86. The van der Waals surface area contributed by atoms with Gasteiger partial charge in [0.05, 0.1) is 15.5 Å². The number of aromatic carboxylic acids is 1. The molecule has 1 aromatic rings. The van der Waals surface area contributed by atoms with Crippen molar-refractivity contribution in [1.29, 1.82) is 0 Å². The van der Waals surface area contributed by atoms with Crippen LogP contribution in [0.25, 0.3) is 0 Å². The maximum absolute atomic E-state index is 11.1. The van der Waals surface area contributed by atoms with Gasteiger partial charge in [0.1, 0.15) is 5.69 Å².